The molecule has 1 aromatic rings. The van der Waals surface area contributed by atoms with Crippen molar-refractivity contribution in [3.63, 3.8) is 0 Å². The maximum atomic E-state index is 8.58. The summed E-state index contributed by atoms with van der Waals surface area (Å²) in [7, 11) is 0. The maximum absolute atomic E-state index is 8.58. The van der Waals surface area contributed by atoms with Gasteiger partial charge in [0.05, 0.1) is 0 Å². The number of hydrogen-bond donors (Lipinski definition) is 2. The number of aryl methyl sites for hydroxylation is 1. The van der Waals surface area contributed by atoms with Crippen molar-refractivity contribution in [1.82, 2.24) is 0 Å². The molecule has 0 radical (unpaired) electrons. The third kappa shape index (κ3) is 3.18. The molecule has 0 aliphatic carbocycles. The fourth-order valence-electron chi connectivity index (χ4n) is 1.17. The van der Waals surface area contributed by atoms with E-state index in [1.165, 1.54) is 5.56 Å². The van der Waals surface area contributed by atoms with Crippen LogP contribution in [0.25, 0.3) is 0 Å². The van der Waals surface area contributed by atoms with E-state index < -0.39 is 0 Å². The van der Waals surface area contributed by atoms with Crippen LogP contribution in [0.2, 0.25) is 0 Å². The van der Waals surface area contributed by atoms with Gasteiger partial charge < -0.3 is 10.8 Å². The Morgan fingerprint density at radius 2 is 2.29 bits per heavy atom. The van der Waals surface area contributed by atoms with Crippen LogP contribution in [0.5, 0.6) is 0 Å². The summed E-state index contributed by atoms with van der Waals surface area (Å²) in [5, 5.41) is 8.58. The van der Waals surface area contributed by atoms with E-state index in [9.17, 15) is 0 Å². The summed E-state index contributed by atoms with van der Waals surface area (Å²) in [5.41, 5.74) is 7.89. The molecule has 0 saturated heterocycles. The van der Waals surface area contributed by atoms with E-state index in [0.717, 1.165) is 5.56 Å². The Morgan fingerprint density at radius 3 is 2.93 bits per heavy atom. The molecule has 0 unspecified atom stereocenters. The maximum Gasteiger partial charge on any atom is 0.125 e. The SMILES string of the molecule is Cc1cccc(C(N)=NCCCO)c1. The molecule has 0 aromatic heterocycles. The van der Waals surface area contributed by atoms with Crippen LogP contribution in [0.15, 0.2) is 29.3 Å². The van der Waals surface area contributed by atoms with Gasteiger partial charge in [0, 0.05) is 18.7 Å². The summed E-state index contributed by atoms with van der Waals surface area (Å²) in [6.45, 7) is 2.76. The molecule has 0 bridgehead atoms. The molecule has 0 heterocycles. The van der Waals surface area contributed by atoms with Crippen molar-refractivity contribution in [3.05, 3.63) is 35.4 Å². The van der Waals surface area contributed by atoms with Gasteiger partial charge in [0.25, 0.3) is 0 Å². The zero-order valence-corrected chi connectivity index (χ0v) is 8.40. The number of aliphatic hydroxyl groups is 1. The Morgan fingerprint density at radius 1 is 1.50 bits per heavy atom. The third-order valence-corrected chi connectivity index (χ3v) is 1.91. The molecule has 0 spiro atoms. The summed E-state index contributed by atoms with van der Waals surface area (Å²) in [4.78, 5) is 4.16. The van der Waals surface area contributed by atoms with Gasteiger partial charge in [0.2, 0.25) is 0 Å². The van der Waals surface area contributed by atoms with Crippen molar-refractivity contribution in [2.24, 2.45) is 10.7 Å². The first kappa shape index (κ1) is 10.7. The number of aliphatic imine (C=N–C) groups is 1. The highest BCUT2D eigenvalue weighted by Gasteiger charge is 1.96. The lowest BCUT2D eigenvalue weighted by molar-refractivity contribution is 0.291. The molecule has 14 heavy (non-hydrogen) atoms. The number of rotatable bonds is 4. The van der Waals surface area contributed by atoms with Crippen LogP contribution in [0.3, 0.4) is 0 Å². The Kier molecular flexibility index (Phi) is 4.13. The molecule has 0 saturated carbocycles. The van der Waals surface area contributed by atoms with E-state index in [2.05, 4.69) is 4.99 Å². The fraction of sp³-hybridized carbons (Fsp3) is 0.364. The van der Waals surface area contributed by atoms with E-state index >= 15 is 0 Å². The topological polar surface area (TPSA) is 58.6 Å². The zero-order chi connectivity index (χ0) is 10.4. The van der Waals surface area contributed by atoms with Crippen LogP contribution in [-0.2, 0) is 0 Å². The lowest BCUT2D eigenvalue weighted by Gasteiger charge is -2.01. The van der Waals surface area contributed by atoms with Crippen molar-refractivity contribution < 1.29 is 5.11 Å². The van der Waals surface area contributed by atoms with Crippen LogP contribution in [0, 0.1) is 6.92 Å². The first-order valence-corrected chi connectivity index (χ1v) is 4.72. The van der Waals surface area contributed by atoms with Gasteiger partial charge in [-0.05, 0) is 19.4 Å². The molecular formula is C11H16N2O. The Labute approximate surface area is 84.3 Å². The number of nitrogens with zero attached hydrogens (tertiary/aromatic N) is 1. The minimum absolute atomic E-state index is 0.157. The number of nitrogens with two attached hydrogens (primary N) is 1. The molecule has 0 amide bonds. The Bertz CT molecular complexity index is 321. The molecule has 1 rings (SSSR count). The second kappa shape index (κ2) is 5.40. The van der Waals surface area contributed by atoms with Crippen LogP contribution < -0.4 is 5.73 Å². The zero-order valence-electron chi connectivity index (χ0n) is 8.40. The lowest BCUT2D eigenvalue weighted by atomic mass is 10.1. The molecule has 0 aliphatic heterocycles. The van der Waals surface area contributed by atoms with E-state index in [1.807, 2.05) is 31.2 Å². The third-order valence-electron chi connectivity index (χ3n) is 1.91. The van der Waals surface area contributed by atoms with Crippen molar-refractivity contribution in [1.29, 1.82) is 0 Å². The second-order valence-electron chi connectivity index (χ2n) is 3.21. The summed E-state index contributed by atoms with van der Waals surface area (Å²) in [6, 6.07) is 7.91. The monoisotopic (exact) mass is 192 g/mol. The number of aliphatic hydroxyl groups excluding tert-OH is 1. The van der Waals surface area contributed by atoms with Gasteiger partial charge in [0.15, 0.2) is 0 Å². The Hall–Kier alpha value is -1.35. The molecule has 3 heteroatoms. The highest BCUT2D eigenvalue weighted by molar-refractivity contribution is 5.97. The minimum atomic E-state index is 0.157. The smallest absolute Gasteiger partial charge is 0.125 e. The van der Waals surface area contributed by atoms with Crippen molar-refractivity contribution >= 4 is 5.84 Å². The fourth-order valence-corrected chi connectivity index (χ4v) is 1.17. The predicted octanol–water partition coefficient (Wildman–Crippen LogP) is 1.08. The van der Waals surface area contributed by atoms with E-state index in [4.69, 9.17) is 10.8 Å². The molecule has 76 valence electrons. The standard InChI is InChI=1S/C11H16N2O/c1-9-4-2-5-10(8-9)11(12)13-6-3-7-14/h2,4-5,8,14H,3,6-7H2,1H3,(H2,12,13). The van der Waals surface area contributed by atoms with Gasteiger partial charge in [-0.3, -0.25) is 4.99 Å². The van der Waals surface area contributed by atoms with E-state index in [0.29, 0.717) is 18.8 Å². The van der Waals surface area contributed by atoms with Gasteiger partial charge in [0.1, 0.15) is 5.84 Å². The van der Waals surface area contributed by atoms with Crippen molar-refractivity contribution in [3.8, 4) is 0 Å². The van der Waals surface area contributed by atoms with Gasteiger partial charge in [-0.2, -0.15) is 0 Å². The molecule has 0 aliphatic rings. The highest BCUT2D eigenvalue weighted by Crippen LogP contribution is 2.03. The average molecular weight is 192 g/mol. The first-order chi connectivity index (χ1) is 6.74. The number of hydrogen-bond acceptors (Lipinski definition) is 2. The largest absolute Gasteiger partial charge is 0.396 e. The second-order valence-corrected chi connectivity index (χ2v) is 3.21. The highest BCUT2D eigenvalue weighted by atomic mass is 16.3. The number of amidine groups is 1. The molecule has 1 aromatic carbocycles. The molecule has 0 fully saturated rings. The Balaban J connectivity index is 2.68. The van der Waals surface area contributed by atoms with E-state index in [-0.39, 0.29) is 6.61 Å². The van der Waals surface area contributed by atoms with Crippen LogP contribution in [0.4, 0.5) is 0 Å². The van der Waals surface area contributed by atoms with Gasteiger partial charge >= 0.3 is 0 Å². The summed E-state index contributed by atoms with van der Waals surface area (Å²) >= 11 is 0. The molecule has 0 atom stereocenters. The van der Waals surface area contributed by atoms with Crippen LogP contribution in [-0.4, -0.2) is 24.1 Å². The van der Waals surface area contributed by atoms with Crippen LogP contribution in [0.1, 0.15) is 17.5 Å². The quantitative estimate of drug-likeness (QED) is 0.426. The lowest BCUT2D eigenvalue weighted by Crippen LogP contribution is -2.14. The number of benzene rings is 1. The van der Waals surface area contributed by atoms with E-state index in [1.54, 1.807) is 0 Å². The first-order valence-electron chi connectivity index (χ1n) is 4.72. The predicted molar refractivity (Wildman–Crippen MR) is 58.5 cm³/mol. The molecule has 3 nitrogen and oxygen atoms in total. The summed E-state index contributed by atoms with van der Waals surface area (Å²) < 4.78 is 0. The molecular weight excluding hydrogens is 176 g/mol. The van der Waals surface area contributed by atoms with Gasteiger partial charge in [-0.25, -0.2) is 0 Å². The summed E-state index contributed by atoms with van der Waals surface area (Å²) in [5.74, 6) is 0.544. The average Bonchev–Trinajstić information content (AvgIpc) is 2.18. The summed E-state index contributed by atoms with van der Waals surface area (Å²) in [6.07, 6.45) is 0.659. The van der Waals surface area contributed by atoms with Gasteiger partial charge in [-0.15, -0.1) is 0 Å². The van der Waals surface area contributed by atoms with Crippen LogP contribution >= 0.6 is 0 Å². The van der Waals surface area contributed by atoms with Crippen molar-refractivity contribution in [2.75, 3.05) is 13.2 Å². The minimum Gasteiger partial charge on any atom is -0.396 e. The molecule has 3 N–H and O–H groups in total. The van der Waals surface area contributed by atoms with Crippen molar-refractivity contribution in [2.45, 2.75) is 13.3 Å². The normalized spacial score (nSPS) is 11.7. The van der Waals surface area contributed by atoms with Gasteiger partial charge in [-0.1, -0.05) is 23.8 Å².